The summed E-state index contributed by atoms with van der Waals surface area (Å²) < 4.78 is 22.7. The summed E-state index contributed by atoms with van der Waals surface area (Å²) in [5.41, 5.74) is 1.67. The molecule has 0 saturated heterocycles. The van der Waals surface area contributed by atoms with Crippen LogP contribution >= 0.6 is 11.3 Å². The average molecular weight is 533 g/mol. The third-order valence-electron chi connectivity index (χ3n) is 5.71. The van der Waals surface area contributed by atoms with E-state index >= 15 is 0 Å². The van der Waals surface area contributed by atoms with Crippen molar-refractivity contribution in [2.45, 2.75) is 0 Å². The number of carboxylic acid groups (broad SMARTS) is 1. The Balaban J connectivity index is 1.71. The van der Waals surface area contributed by atoms with Crippen LogP contribution < -0.4 is 18.9 Å². The van der Waals surface area contributed by atoms with Crippen LogP contribution in [0.25, 0.3) is 26.6 Å². The summed E-state index contributed by atoms with van der Waals surface area (Å²) >= 11 is 1.63. The van der Waals surface area contributed by atoms with E-state index in [1.165, 1.54) is 32.4 Å². The molecule has 0 aliphatic heterocycles. The van der Waals surface area contributed by atoms with Crippen molar-refractivity contribution >= 4 is 45.5 Å². The van der Waals surface area contributed by atoms with Gasteiger partial charge in [0.15, 0.2) is 30.2 Å². The molecule has 3 aromatic carbocycles. The number of benzene rings is 3. The second kappa shape index (κ2) is 11.6. The van der Waals surface area contributed by atoms with Gasteiger partial charge in [-0.1, -0.05) is 18.2 Å². The molecule has 0 radical (unpaired) electrons. The number of carbonyl (C=O) groups excluding carboxylic acids is 2. The van der Waals surface area contributed by atoms with Crippen molar-refractivity contribution in [2.24, 2.45) is 0 Å². The van der Waals surface area contributed by atoms with Crippen molar-refractivity contribution in [3.8, 4) is 33.4 Å². The minimum atomic E-state index is -1.21. The van der Waals surface area contributed by atoms with Crippen LogP contribution in [-0.4, -0.2) is 51.1 Å². The third kappa shape index (κ3) is 5.52. The average Bonchev–Trinajstić information content (AvgIpc) is 3.37. The van der Waals surface area contributed by atoms with Crippen LogP contribution in [0, 0.1) is 0 Å². The highest BCUT2D eigenvalue weighted by Gasteiger charge is 2.18. The normalized spacial score (nSPS) is 10.9. The topological polar surface area (TPSA) is 108 Å². The molecule has 1 heterocycles. The molecule has 194 valence electrons. The number of aldehydes is 1. The van der Waals surface area contributed by atoms with Crippen LogP contribution in [0.4, 0.5) is 0 Å². The first kappa shape index (κ1) is 26.4. The van der Waals surface area contributed by atoms with Crippen molar-refractivity contribution in [1.29, 1.82) is 0 Å². The Kier molecular flexibility index (Phi) is 8.08. The fourth-order valence-electron chi connectivity index (χ4n) is 3.92. The monoisotopic (exact) mass is 532 g/mol. The zero-order valence-corrected chi connectivity index (χ0v) is 21.7. The van der Waals surface area contributed by atoms with Gasteiger partial charge in [-0.15, -0.1) is 11.3 Å². The van der Waals surface area contributed by atoms with Crippen LogP contribution in [0.5, 0.6) is 23.0 Å². The molecular formula is C29H24O8S. The van der Waals surface area contributed by atoms with Gasteiger partial charge in [-0.05, 0) is 47.9 Å². The molecule has 0 amide bonds. The van der Waals surface area contributed by atoms with E-state index in [1.807, 2.05) is 24.3 Å². The standard InChI is InChI=1S/C29H24O8S/c1-34-23-14-24(35-2)21(27-13-18-6-4-5-7-26(18)38-27)11-17(23)8-9-22(31)19-10-20(15-30)29(25(12-19)36-3)37-16-28(32)33/h4-15H,16H2,1-3H3,(H,32,33)/b9-8+. The lowest BCUT2D eigenvalue weighted by molar-refractivity contribution is -0.139. The molecule has 0 saturated carbocycles. The molecule has 1 N–H and O–H groups in total. The van der Waals surface area contributed by atoms with Crippen molar-refractivity contribution < 1.29 is 38.4 Å². The first-order chi connectivity index (χ1) is 18.4. The number of ether oxygens (including phenoxy) is 4. The second-order valence-corrected chi connectivity index (χ2v) is 9.12. The van der Waals surface area contributed by atoms with Gasteiger partial charge in [0.25, 0.3) is 0 Å². The molecule has 4 aromatic rings. The number of methoxy groups -OCH3 is 3. The maximum atomic E-state index is 13.1. The van der Waals surface area contributed by atoms with E-state index < -0.39 is 18.4 Å². The molecule has 1 aromatic heterocycles. The fraction of sp³-hybridized carbons (Fsp3) is 0.138. The zero-order chi connectivity index (χ0) is 27.2. The minimum Gasteiger partial charge on any atom is -0.496 e. The Hall–Kier alpha value is -4.63. The molecule has 0 aliphatic carbocycles. The van der Waals surface area contributed by atoms with Gasteiger partial charge in [-0.2, -0.15) is 0 Å². The third-order valence-corrected chi connectivity index (χ3v) is 6.86. The maximum absolute atomic E-state index is 13.1. The van der Waals surface area contributed by atoms with Crippen molar-refractivity contribution in [2.75, 3.05) is 27.9 Å². The van der Waals surface area contributed by atoms with Crippen LogP contribution in [-0.2, 0) is 4.79 Å². The quantitative estimate of drug-likeness (QED) is 0.147. The number of thiophene rings is 1. The summed E-state index contributed by atoms with van der Waals surface area (Å²) in [6.45, 7) is -0.663. The van der Waals surface area contributed by atoms with E-state index in [4.69, 9.17) is 24.1 Å². The lowest BCUT2D eigenvalue weighted by Gasteiger charge is -2.13. The smallest absolute Gasteiger partial charge is 0.341 e. The largest absolute Gasteiger partial charge is 0.496 e. The number of aliphatic carboxylic acids is 1. The van der Waals surface area contributed by atoms with Crippen LogP contribution in [0.1, 0.15) is 26.3 Å². The molecule has 0 fully saturated rings. The summed E-state index contributed by atoms with van der Waals surface area (Å²) in [4.78, 5) is 36.6. The molecular weight excluding hydrogens is 508 g/mol. The number of allylic oxidation sites excluding steroid dienone is 1. The van der Waals surface area contributed by atoms with Crippen LogP contribution in [0.3, 0.4) is 0 Å². The predicted octanol–water partition coefficient (Wildman–Crippen LogP) is 5.77. The highest BCUT2D eigenvalue weighted by Crippen LogP contribution is 2.42. The van der Waals surface area contributed by atoms with E-state index in [9.17, 15) is 14.4 Å². The van der Waals surface area contributed by atoms with E-state index in [-0.39, 0.29) is 22.6 Å². The van der Waals surface area contributed by atoms with Gasteiger partial charge >= 0.3 is 5.97 Å². The van der Waals surface area contributed by atoms with Gasteiger partial charge in [-0.3, -0.25) is 9.59 Å². The number of carbonyl (C=O) groups is 3. The first-order valence-electron chi connectivity index (χ1n) is 11.4. The lowest BCUT2D eigenvalue weighted by Crippen LogP contribution is -2.12. The van der Waals surface area contributed by atoms with Gasteiger partial charge in [0.05, 0.1) is 26.9 Å². The molecule has 4 rings (SSSR count). The summed E-state index contributed by atoms with van der Waals surface area (Å²) in [7, 11) is 4.45. The Morgan fingerprint density at radius 2 is 1.63 bits per heavy atom. The van der Waals surface area contributed by atoms with Gasteiger partial charge in [0, 0.05) is 32.3 Å². The van der Waals surface area contributed by atoms with Crippen molar-refractivity contribution in [1.82, 2.24) is 0 Å². The van der Waals surface area contributed by atoms with E-state index in [2.05, 4.69) is 12.1 Å². The van der Waals surface area contributed by atoms with E-state index in [0.717, 1.165) is 20.5 Å². The molecule has 0 spiro atoms. The summed E-state index contributed by atoms with van der Waals surface area (Å²) in [5.74, 6) is -0.446. The predicted molar refractivity (Wildman–Crippen MR) is 145 cm³/mol. The highest BCUT2D eigenvalue weighted by molar-refractivity contribution is 7.22. The number of ketones is 1. The molecule has 0 atom stereocenters. The summed E-state index contributed by atoms with van der Waals surface area (Å²) in [5, 5.41) is 10.0. The number of carboxylic acids is 1. The Morgan fingerprint density at radius 3 is 2.29 bits per heavy atom. The molecule has 0 bridgehead atoms. The van der Waals surface area contributed by atoms with Gasteiger partial charge in [0.1, 0.15) is 11.5 Å². The van der Waals surface area contributed by atoms with E-state index in [1.54, 1.807) is 30.6 Å². The number of hydrogen-bond donors (Lipinski definition) is 1. The zero-order valence-electron chi connectivity index (χ0n) is 20.8. The maximum Gasteiger partial charge on any atom is 0.341 e. The summed E-state index contributed by atoms with van der Waals surface area (Å²) in [6.07, 6.45) is 3.46. The number of rotatable bonds is 11. The Morgan fingerprint density at radius 1 is 0.895 bits per heavy atom. The van der Waals surface area contributed by atoms with Crippen LogP contribution in [0.2, 0.25) is 0 Å². The minimum absolute atomic E-state index is 0.00331. The second-order valence-electron chi connectivity index (χ2n) is 8.04. The highest BCUT2D eigenvalue weighted by atomic mass is 32.1. The van der Waals surface area contributed by atoms with Crippen LogP contribution in [0.15, 0.2) is 60.7 Å². The lowest BCUT2D eigenvalue weighted by atomic mass is 10.0. The fourth-order valence-corrected chi connectivity index (χ4v) is 5.00. The first-order valence-corrected chi connectivity index (χ1v) is 12.2. The van der Waals surface area contributed by atoms with Crippen molar-refractivity contribution in [3.63, 3.8) is 0 Å². The Labute approximate surface area is 222 Å². The Bertz CT molecular complexity index is 1520. The van der Waals surface area contributed by atoms with E-state index in [0.29, 0.717) is 23.3 Å². The SMILES string of the molecule is COc1cc(OC)c(-c2cc3ccccc3s2)cc1/C=C/C(=O)c1cc(C=O)c(OCC(=O)O)c(OC)c1. The molecule has 8 nitrogen and oxygen atoms in total. The van der Waals surface area contributed by atoms with Crippen molar-refractivity contribution in [3.05, 3.63) is 77.4 Å². The van der Waals surface area contributed by atoms with Gasteiger partial charge in [0.2, 0.25) is 0 Å². The number of hydrogen-bond acceptors (Lipinski definition) is 8. The van der Waals surface area contributed by atoms with Gasteiger partial charge < -0.3 is 24.1 Å². The number of fused-ring (bicyclic) bond motifs is 1. The molecule has 38 heavy (non-hydrogen) atoms. The summed E-state index contributed by atoms with van der Waals surface area (Å²) in [6, 6.07) is 16.5. The molecule has 0 unspecified atom stereocenters. The molecule has 0 aliphatic rings. The van der Waals surface area contributed by atoms with Gasteiger partial charge in [-0.25, -0.2) is 4.79 Å². The molecule has 9 heteroatoms.